The number of nitro benzene ring substituents is 1. The van der Waals surface area contributed by atoms with Gasteiger partial charge in [-0.25, -0.2) is 18.5 Å². The molecule has 1 aliphatic carbocycles. The molecule has 0 amide bonds. The van der Waals surface area contributed by atoms with E-state index >= 15 is 0 Å². The van der Waals surface area contributed by atoms with Gasteiger partial charge in [0, 0.05) is 31.2 Å². The molecule has 0 unspecified atom stereocenters. The Kier molecular flexibility index (Phi) is 6.36. The number of hydrogen-bond donors (Lipinski definition) is 1. The molecule has 10 nitrogen and oxygen atoms in total. The summed E-state index contributed by atoms with van der Waals surface area (Å²) < 4.78 is 29.9. The second kappa shape index (κ2) is 8.90. The second-order valence-electron chi connectivity index (χ2n) is 7.27. The molecular weight excluding hydrogens is 476 g/mol. The van der Waals surface area contributed by atoms with Gasteiger partial charge < -0.3 is 4.74 Å². The molecular formula is C19H20N4O6S3. The molecule has 2 heterocycles. The third-order valence-corrected chi connectivity index (χ3v) is 8.33. The van der Waals surface area contributed by atoms with Gasteiger partial charge in [0.2, 0.25) is 10.0 Å². The summed E-state index contributed by atoms with van der Waals surface area (Å²) in [5, 5.41) is 17.7. The summed E-state index contributed by atoms with van der Waals surface area (Å²) in [6.07, 6.45) is 3.34. The number of rotatable bonds is 8. The highest BCUT2D eigenvalue weighted by molar-refractivity contribution is 7.99. The van der Waals surface area contributed by atoms with Crippen LogP contribution in [-0.4, -0.2) is 36.6 Å². The number of benzene rings is 1. The molecule has 2 aromatic heterocycles. The first kappa shape index (κ1) is 22.9. The molecule has 1 aliphatic rings. The zero-order chi connectivity index (χ0) is 23.0. The molecule has 170 valence electrons. The number of sulfonamides is 1. The van der Waals surface area contributed by atoms with Crippen LogP contribution in [0.15, 0.2) is 37.9 Å². The first-order valence-electron chi connectivity index (χ1n) is 9.74. The van der Waals surface area contributed by atoms with Crippen molar-refractivity contribution in [3.05, 3.63) is 49.1 Å². The minimum atomic E-state index is -4.10. The summed E-state index contributed by atoms with van der Waals surface area (Å²) in [6, 6.07) is 3.44. The van der Waals surface area contributed by atoms with E-state index in [1.54, 1.807) is 7.11 Å². The second-order valence-corrected chi connectivity index (χ2v) is 10.9. The number of nitro groups is 1. The van der Waals surface area contributed by atoms with E-state index in [4.69, 9.17) is 9.88 Å². The van der Waals surface area contributed by atoms with Gasteiger partial charge in [0.05, 0.1) is 20.1 Å². The SMILES string of the molecule is COCCCn1c(Sc2ccc(S(N)(=O)=O)cc2[N+](=O)[O-])nc2sc3c(c2c1=O)CCC3. The van der Waals surface area contributed by atoms with E-state index in [0.717, 1.165) is 42.7 Å². The van der Waals surface area contributed by atoms with E-state index in [9.17, 15) is 23.3 Å². The van der Waals surface area contributed by atoms with E-state index in [-0.39, 0.29) is 15.4 Å². The smallest absolute Gasteiger partial charge is 0.284 e. The maximum Gasteiger partial charge on any atom is 0.284 e. The fourth-order valence-corrected chi connectivity index (χ4v) is 6.54. The Morgan fingerprint density at radius 3 is 2.84 bits per heavy atom. The molecule has 3 aromatic rings. The molecule has 0 saturated heterocycles. The topological polar surface area (TPSA) is 147 Å². The Hall–Kier alpha value is -2.32. The highest BCUT2D eigenvalue weighted by Gasteiger charge is 2.25. The van der Waals surface area contributed by atoms with Gasteiger partial charge in [0.25, 0.3) is 11.2 Å². The van der Waals surface area contributed by atoms with Crippen molar-refractivity contribution in [1.82, 2.24) is 9.55 Å². The number of nitrogens with two attached hydrogens (primary N) is 1. The maximum atomic E-state index is 13.4. The molecule has 4 rings (SSSR count). The van der Waals surface area contributed by atoms with Crippen LogP contribution >= 0.6 is 23.1 Å². The lowest BCUT2D eigenvalue weighted by molar-refractivity contribution is -0.388. The Morgan fingerprint density at radius 1 is 1.38 bits per heavy atom. The number of thiophene rings is 1. The predicted molar refractivity (Wildman–Crippen MR) is 121 cm³/mol. The average Bonchev–Trinajstić information content (AvgIpc) is 3.30. The van der Waals surface area contributed by atoms with Crippen LogP contribution in [0.25, 0.3) is 10.2 Å². The number of fused-ring (bicyclic) bond motifs is 3. The van der Waals surface area contributed by atoms with Gasteiger partial charge in [0.15, 0.2) is 5.16 Å². The summed E-state index contributed by atoms with van der Waals surface area (Å²) in [5.74, 6) is 0. The lowest BCUT2D eigenvalue weighted by Crippen LogP contribution is -2.24. The van der Waals surface area contributed by atoms with Crippen LogP contribution < -0.4 is 10.7 Å². The maximum absolute atomic E-state index is 13.4. The number of methoxy groups -OCH3 is 1. The van der Waals surface area contributed by atoms with Gasteiger partial charge in [-0.2, -0.15) is 0 Å². The minimum absolute atomic E-state index is 0.165. The largest absolute Gasteiger partial charge is 0.385 e. The highest BCUT2D eigenvalue weighted by Crippen LogP contribution is 2.38. The molecule has 0 aliphatic heterocycles. The van der Waals surface area contributed by atoms with Gasteiger partial charge >= 0.3 is 0 Å². The monoisotopic (exact) mass is 496 g/mol. The molecule has 0 atom stereocenters. The highest BCUT2D eigenvalue weighted by atomic mass is 32.2. The van der Waals surface area contributed by atoms with E-state index in [1.807, 2.05) is 0 Å². The summed E-state index contributed by atoms with van der Waals surface area (Å²) in [7, 11) is -2.53. The molecule has 1 aromatic carbocycles. The van der Waals surface area contributed by atoms with Crippen LogP contribution in [0.5, 0.6) is 0 Å². The number of aryl methyl sites for hydroxylation is 2. The predicted octanol–water partition coefficient (Wildman–Crippen LogP) is 2.69. The Bertz CT molecular complexity index is 1380. The molecule has 0 radical (unpaired) electrons. The van der Waals surface area contributed by atoms with Crippen LogP contribution in [0.4, 0.5) is 5.69 Å². The number of ether oxygens (including phenoxy) is 1. The van der Waals surface area contributed by atoms with Gasteiger partial charge in [-0.05, 0) is 55.1 Å². The Morgan fingerprint density at radius 2 is 2.16 bits per heavy atom. The van der Waals surface area contributed by atoms with E-state index in [1.165, 1.54) is 32.9 Å². The van der Waals surface area contributed by atoms with Gasteiger partial charge in [0.1, 0.15) is 4.83 Å². The summed E-state index contributed by atoms with van der Waals surface area (Å²) in [4.78, 5) is 30.6. The first-order valence-corrected chi connectivity index (χ1v) is 12.9. The van der Waals surface area contributed by atoms with Crippen LogP contribution in [0.1, 0.15) is 23.3 Å². The summed E-state index contributed by atoms with van der Waals surface area (Å²) in [6.45, 7) is 0.783. The van der Waals surface area contributed by atoms with Crippen molar-refractivity contribution in [3.63, 3.8) is 0 Å². The first-order chi connectivity index (χ1) is 15.2. The quantitative estimate of drug-likeness (QED) is 0.217. The zero-order valence-corrected chi connectivity index (χ0v) is 19.5. The molecule has 0 fully saturated rings. The van der Waals surface area contributed by atoms with Crippen molar-refractivity contribution in [2.75, 3.05) is 13.7 Å². The van der Waals surface area contributed by atoms with Gasteiger partial charge in [-0.3, -0.25) is 19.5 Å². The molecule has 32 heavy (non-hydrogen) atoms. The number of nitrogens with zero attached hydrogens (tertiary/aromatic N) is 3. The number of hydrogen-bond acceptors (Lipinski definition) is 9. The molecule has 13 heteroatoms. The summed E-state index contributed by atoms with van der Waals surface area (Å²) in [5.41, 5.74) is 0.466. The van der Waals surface area contributed by atoms with Crippen molar-refractivity contribution < 1.29 is 18.1 Å². The number of aromatic nitrogens is 2. The van der Waals surface area contributed by atoms with Crippen molar-refractivity contribution in [1.29, 1.82) is 0 Å². The Balaban J connectivity index is 1.84. The molecule has 2 N–H and O–H groups in total. The summed E-state index contributed by atoms with van der Waals surface area (Å²) >= 11 is 2.44. The number of primary sulfonamides is 1. The molecule has 0 saturated carbocycles. The van der Waals surface area contributed by atoms with Gasteiger partial charge in [-0.15, -0.1) is 11.3 Å². The average molecular weight is 497 g/mol. The van der Waals surface area contributed by atoms with E-state index in [2.05, 4.69) is 4.98 Å². The van der Waals surface area contributed by atoms with E-state index < -0.39 is 20.6 Å². The van der Waals surface area contributed by atoms with Crippen molar-refractivity contribution in [2.24, 2.45) is 5.14 Å². The van der Waals surface area contributed by atoms with Crippen molar-refractivity contribution in [2.45, 2.75) is 47.2 Å². The lowest BCUT2D eigenvalue weighted by atomic mass is 10.2. The van der Waals surface area contributed by atoms with Crippen molar-refractivity contribution >= 4 is 49.0 Å². The van der Waals surface area contributed by atoms with Crippen LogP contribution in [0.3, 0.4) is 0 Å². The fourth-order valence-electron chi connectivity index (χ4n) is 3.70. The normalized spacial score (nSPS) is 13.6. The minimum Gasteiger partial charge on any atom is -0.385 e. The van der Waals surface area contributed by atoms with Crippen LogP contribution in [0.2, 0.25) is 0 Å². The third-order valence-electron chi connectivity index (χ3n) is 5.18. The standard InChI is InChI=1S/C19H20N4O6S3/c1-29-9-3-8-22-18(24)16-12-4-2-5-14(12)30-17(16)21-19(22)31-15-7-6-11(32(20,27)28)10-13(15)23(25)26/h6-7,10H,2-5,8-9H2,1H3,(H2,20,27,28). The van der Waals surface area contributed by atoms with Gasteiger partial charge in [-0.1, -0.05) is 0 Å². The molecule has 0 spiro atoms. The fraction of sp³-hybridized carbons (Fsp3) is 0.368. The Labute approximate surface area is 191 Å². The zero-order valence-electron chi connectivity index (χ0n) is 17.1. The van der Waals surface area contributed by atoms with Crippen LogP contribution in [-0.2, 0) is 34.1 Å². The van der Waals surface area contributed by atoms with Crippen molar-refractivity contribution in [3.8, 4) is 0 Å². The third kappa shape index (κ3) is 4.30. The lowest BCUT2D eigenvalue weighted by Gasteiger charge is -2.12. The van der Waals surface area contributed by atoms with E-state index in [0.29, 0.717) is 34.9 Å². The molecule has 0 bridgehead atoms. The van der Waals surface area contributed by atoms with Crippen LogP contribution in [0, 0.1) is 10.1 Å².